The number of piperidine rings is 1. The molecule has 4 rings (SSSR count). The number of hydrogen-bond donors (Lipinski definition) is 3. The Bertz CT molecular complexity index is 1240. The number of rotatable bonds is 9. The zero-order valence-corrected chi connectivity index (χ0v) is 24.8. The van der Waals surface area contributed by atoms with Gasteiger partial charge in [0.2, 0.25) is 23.6 Å². The molecule has 2 fully saturated rings. The van der Waals surface area contributed by atoms with Crippen LogP contribution in [0.4, 0.5) is 0 Å². The second kappa shape index (κ2) is 13.9. The molecule has 224 valence electrons. The number of unbranched alkanes of at least 4 members (excludes halogenated alkanes) is 2. The van der Waals surface area contributed by atoms with Crippen LogP contribution in [0.1, 0.15) is 77.7 Å². The van der Waals surface area contributed by atoms with Crippen molar-refractivity contribution in [1.29, 1.82) is 0 Å². The SMILES string of the molecule is CCCCC[C@@H]1NC(=O)C2CCCCN2C(=O)[C@H](C(C)CC)NC(=O)[C@H](Cc2cn(OC)c3ccccc23)NC1=O. The fraction of sp³-hybridized carbons (Fsp3) is 0.613. The summed E-state index contributed by atoms with van der Waals surface area (Å²) in [6, 6.07) is 4.48. The van der Waals surface area contributed by atoms with Crippen molar-refractivity contribution in [2.45, 2.75) is 103 Å². The maximum Gasteiger partial charge on any atom is 0.246 e. The van der Waals surface area contributed by atoms with Crippen LogP contribution in [0.25, 0.3) is 10.9 Å². The second-order valence-electron chi connectivity index (χ2n) is 11.4. The first kappa shape index (κ1) is 30.4. The number of nitrogens with one attached hydrogen (secondary N) is 3. The molecule has 10 nitrogen and oxygen atoms in total. The largest absolute Gasteiger partial charge is 0.417 e. The molecular weight excluding hydrogens is 522 g/mol. The van der Waals surface area contributed by atoms with Crippen molar-refractivity contribution in [2.24, 2.45) is 5.92 Å². The van der Waals surface area contributed by atoms with Gasteiger partial charge < -0.3 is 25.7 Å². The van der Waals surface area contributed by atoms with Crippen molar-refractivity contribution in [3.63, 3.8) is 0 Å². The molecular formula is C31H45N5O5. The van der Waals surface area contributed by atoms with Crippen LogP contribution in [0.3, 0.4) is 0 Å². The minimum absolute atomic E-state index is 0.159. The zero-order valence-electron chi connectivity index (χ0n) is 24.8. The van der Waals surface area contributed by atoms with Crippen molar-refractivity contribution in [1.82, 2.24) is 25.6 Å². The number of amides is 4. The van der Waals surface area contributed by atoms with Crippen LogP contribution in [0, 0.1) is 5.92 Å². The van der Waals surface area contributed by atoms with Gasteiger partial charge in [0.05, 0.1) is 5.52 Å². The Kier molecular flexibility index (Phi) is 10.3. The Morgan fingerprint density at radius 2 is 1.68 bits per heavy atom. The molecule has 3 N–H and O–H groups in total. The predicted octanol–water partition coefficient (Wildman–Crippen LogP) is 2.72. The number of fused-ring (bicyclic) bond motifs is 2. The van der Waals surface area contributed by atoms with Gasteiger partial charge in [-0.25, -0.2) is 0 Å². The molecule has 0 radical (unpaired) electrons. The lowest BCUT2D eigenvalue weighted by atomic mass is 9.93. The second-order valence-corrected chi connectivity index (χ2v) is 11.4. The van der Waals surface area contributed by atoms with E-state index in [1.165, 1.54) is 0 Å². The molecule has 5 atom stereocenters. The summed E-state index contributed by atoms with van der Waals surface area (Å²) in [7, 11) is 1.57. The van der Waals surface area contributed by atoms with E-state index in [4.69, 9.17) is 4.84 Å². The average Bonchev–Trinajstić information content (AvgIpc) is 3.35. The molecule has 1 aromatic carbocycles. The third-order valence-corrected chi connectivity index (χ3v) is 8.61. The molecule has 41 heavy (non-hydrogen) atoms. The van der Waals surface area contributed by atoms with Gasteiger partial charge in [0.15, 0.2) is 0 Å². The van der Waals surface area contributed by atoms with E-state index in [1.54, 1.807) is 16.7 Å². The third kappa shape index (κ3) is 6.85. The minimum Gasteiger partial charge on any atom is -0.417 e. The molecule has 2 aromatic rings. The summed E-state index contributed by atoms with van der Waals surface area (Å²) in [5, 5.41) is 9.81. The summed E-state index contributed by atoms with van der Waals surface area (Å²) in [6.45, 7) is 6.43. The normalized spacial score (nSPS) is 24.9. The molecule has 0 aliphatic carbocycles. The predicted molar refractivity (Wildman–Crippen MR) is 157 cm³/mol. The Hall–Kier alpha value is -3.56. The van der Waals surface area contributed by atoms with Crippen molar-refractivity contribution in [2.75, 3.05) is 13.7 Å². The number of para-hydroxylation sites is 1. The van der Waals surface area contributed by atoms with Gasteiger partial charge >= 0.3 is 0 Å². The summed E-state index contributed by atoms with van der Waals surface area (Å²) in [4.78, 5) is 62.3. The van der Waals surface area contributed by atoms with Crippen LogP contribution >= 0.6 is 0 Å². The quantitative estimate of drug-likeness (QED) is 0.403. The first-order chi connectivity index (χ1) is 19.8. The van der Waals surface area contributed by atoms with Crippen molar-refractivity contribution < 1.29 is 24.0 Å². The maximum atomic E-state index is 13.9. The number of aromatic nitrogens is 1. The van der Waals surface area contributed by atoms with Gasteiger partial charge in [-0.05, 0) is 43.2 Å². The first-order valence-electron chi connectivity index (χ1n) is 15.1. The topological polar surface area (TPSA) is 122 Å². The summed E-state index contributed by atoms with van der Waals surface area (Å²) in [5.74, 6) is -1.51. The van der Waals surface area contributed by atoms with E-state index in [2.05, 4.69) is 22.9 Å². The highest BCUT2D eigenvalue weighted by molar-refractivity contribution is 5.98. The van der Waals surface area contributed by atoms with Crippen LogP contribution in [-0.4, -0.2) is 71.1 Å². The standard InChI is InChI=1S/C31H45N5O5/c1-5-7-8-14-23-28(37)33-24(18-21-19-36(41-4)25-15-10-9-13-22(21)25)29(38)34-27(20(3)6-2)31(40)35-17-12-11-16-26(35)30(39)32-23/h9-10,13,15,19-20,23-24,26-27H,5-8,11-12,14,16-18H2,1-4H3,(H,32,39)(H,33,37)(H,34,38)/t20?,23-,24-,26?,27-/m0/s1. The molecule has 2 aliphatic heterocycles. The smallest absolute Gasteiger partial charge is 0.246 e. The Labute approximate surface area is 242 Å². The highest BCUT2D eigenvalue weighted by Gasteiger charge is 2.40. The summed E-state index contributed by atoms with van der Waals surface area (Å²) in [6.07, 6.45) is 7.94. The van der Waals surface area contributed by atoms with Gasteiger partial charge in [-0.1, -0.05) is 64.7 Å². The third-order valence-electron chi connectivity index (χ3n) is 8.61. The first-order valence-corrected chi connectivity index (χ1v) is 15.1. The van der Waals surface area contributed by atoms with E-state index in [9.17, 15) is 19.2 Å². The van der Waals surface area contributed by atoms with Crippen molar-refractivity contribution in [3.8, 4) is 0 Å². The molecule has 2 aliphatic rings. The Morgan fingerprint density at radius 3 is 2.41 bits per heavy atom. The molecule has 0 bridgehead atoms. The fourth-order valence-electron chi connectivity index (χ4n) is 5.95. The van der Waals surface area contributed by atoms with Crippen LogP contribution in [0.15, 0.2) is 30.5 Å². The summed E-state index contributed by atoms with van der Waals surface area (Å²) < 4.78 is 1.63. The minimum atomic E-state index is -0.958. The molecule has 0 spiro atoms. The van der Waals surface area contributed by atoms with E-state index >= 15 is 0 Å². The van der Waals surface area contributed by atoms with Crippen LogP contribution in [-0.2, 0) is 25.6 Å². The van der Waals surface area contributed by atoms with Crippen LogP contribution in [0.5, 0.6) is 0 Å². The molecule has 2 saturated heterocycles. The highest BCUT2D eigenvalue weighted by Crippen LogP contribution is 2.24. The zero-order chi connectivity index (χ0) is 29.5. The van der Waals surface area contributed by atoms with Gasteiger partial charge in [0.1, 0.15) is 31.3 Å². The number of carbonyl (C=O) groups excluding carboxylic acids is 4. The van der Waals surface area contributed by atoms with Gasteiger partial charge in [-0.15, -0.1) is 0 Å². The average molecular weight is 568 g/mol. The number of benzene rings is 1. The molecule has 3 heterocycles. The lowest BCUT2D eigenvalue weighted by molar-refractivity contribution is -0.147. The lowest BCUT2D eigenvalue weighted by Gasteiger charge is -2.39. The number of hydrogen-bond acceptors (Lipinski definition) is 5. The molecule has 1 aromatic heterocycles. The molecule has 2 unspecified atom stereocenters. The highest BCUT2D eigenvalue weighted by atomic mass is 16.6. The van der Waals surface area contributed by atoms with Gasteiger partial charge in [0.25, 0.3) is 0 Å². The molecule has 4 amide bonds. The summed E-state index contributed by atoms with van der Waals surface area (Å²) in [5.41, 5.74) is 1.67. The number of nitrogens with zero attached hydrogens (tertiary/aromatic N) is 2. The maximum absolute atomic E-state index is 13.9. The monoisotopic (exact) mass is 567 g/mol. The fourth-order valence-corrected chi connectivity index (χ4v) is 5.95. The van der Waals surface area contributed by atoms with E-state index in [0.717, 1.165) is 48.6 Å². The number of carbonyl (C=O) groups is 4. The van der Waals surface area contributed by atoms with Crippen LogP contribution in [0.2, 0.25) is 0 Å². The van der Waals surface area contributed by atoms with Gasteiger partial charge in [-0.2, -0.15) is 4.73 Å². The molecule has 10 heteroatoms. The van der Waals surface area contributed by atoms with Gasteiger partial charge in [-0.3, -0.25) is 19.2 Å². The Morgan fingerprint density at radius 1 is 0.951 bits per heavy atom. The lowest BCUT2D eigenvalue weighted by Crippen LogP contribution is -2.64. The summed E-state index contributed by atoms with van der Waals surface area (Å²) >= 11 is 0. The van der Waals surface area contributed by atoms with Crippen molar-refractivity contribution in [3.05, 3.63) is 36.0 Å². The van der Waals surface area contributed by atoms with E-state index in [-0.39, 0.29) is 30.1 Å². The Balaban J connectivity index is 1.72. The van der Waals surface area contributed by atoms with E-state index in [0.29, 0.717) is 25.8 Å². The molecule has 0 saturated carbocycles. The van der Waals surface area contributed by atoms with E-state index < -0.39 is 30.1 Å². The van der Waals surface area contributed by atoms with E-state index in [1.807, 2.05) is 44.3 Å². The van der Waals surface area contributed by atoms with Crippen molar-refractivity contribution >= 4 is 34.5 Å². The van der Waals surface area contributed by atoms with Crippen LogP contribution < -0.4 is 20.8 Å². The van der Waals surface area contributed by atoms with Gasteiger partial charge in [0, 0.05) is 24.5 Å².